The van der Waals surface area contributed by atoms with Gasteiger partial charge in [0, 0.05) is 11.5 Å². The zero-order valence-corrected chi connectivity index (χ0v) is 12.9. The van der Waals surface area contributed by atoms with Crippen LogP contribution in [0.4, 0.5) is 0 Å². The molecule has 1 aliphatic carbocycles. The molecule has 0 spiro atoms. The summed E-state index contributed by atoms with van der Waals surface area (Å²) < 4.78 is 7.00. The second kappa shape index (κ2) is 5.50. The van der Waals surface area contributed by atoms with Gasteiger partial charge in [-0.2, -0.15) is 5.10 Å². The predicted molar refractivity (Wildman–Crippen MR) is 86.4 cm³/mol. The molecule has 1 aromatic carbocycles. The van der Waals surface area contributed by atoms with Crippen molar-refractivity contribution in [2.24, 2.45) is 5.92 Å². The molecule has 4 rings (SSSR count). The third-order valence-corrected chi connectivity index (χ3v) is 4.15. The Morgan fingerprint density at radius 2 is 2.00 bits per heavy atom. The fourth-order valence-electron chi connectivity index (χ4n) is 2.71. The van der Waals surface area contributed by atoms with E-state index in [1.54, 1.807) is 11.6 Å². The summed E-state index contributed by atoms with van der Waals surface area (Å²) in [7, 11) is 1.65. The monoisotopic (exact) mass is 307 g/mol. The van der Waals surface area contributed by atoms with Gasteiger partial charge in [0.2, 0.25) is 0 Å². The van der Waals surface area contributed by atoms with E-state index >= 15 is 0 Å². The van der Waals surface area contributed by atoms with Crippen molar-refractivity contribution < 1.29 is 9.53 Å². The van der Waals surface area contributed by atoms with Crippen LogP contribution in [0.5, 0.6) is 5.75 Å². The first-order chi connectivity index (χ1) is 11.2. The molecule has 0 unspecified atom stereocenters. The van der Waals surface area contributed by atoms with E-state index in [0.717, 1.165) is 35.5 Å². The highest BCUT2D eigenvalue weighted by Crippen LogP contribution is 2.30. The highest BCUT2D eigenvalue weighted by atomic mass is 16.5. The second-order valence-corrected chi connectivity index (χ2v) is 5.85. The van der Waals surface area contributed by atoms with E-state index in [0.29, 0.717) is 12.2 Å². The van der Waals surface area contributed by atoms with Crippen molar-refractivity contribution in [1.29, 1.82) is 0 Å². The number of carbonyl (C=O) groups excluding carboxylic acids is 1. The standard InChI is InChI=1S/C18H17N3O2/c1-23-14-9-7-12(8-10-14)15-3-2-4-18-19-17(20-21(15)18)11-16(22)13-5-6-13/h2-4,7-10,13H,5-6,11H2,1H3. The maximum absolute atomic E-state index is 12.0. The number of Topliss-reactive ketones (excluding diaryl/α,β-unsaturated/α-hetero) is 1. The van der Waals surface area contributed by atoms with Crippen LogP contribution in [-0.2, 0) is 11.2 Å². The van der Waals surface area contributed by atoms with Gasteiger partial charge in [-0.25, -0.2) is 9.50 Å². The fourth-order valence-corrected chi connectivity index (χ4v) is 2.71. The molecule has 1 saturated carbocycles. The second-order valence-electron chi connectivity index (χ2n) is 5.85. The molecule has 0 aliphatic heterocycles. The van der Waals surface area contributed by atoms with Crippen molar-refractivity contribution >= 4 is 11.4 Å². The van der Waals surface area contributed by atoms with Crippen LogP contribution in [0.3, 0.4) is 0 Å². The van der Waals surface area contributed by atoms with Crippen molar-refractivity contribution in [2.75, 3.05) is 7.11 Å². The number of ether oxygens (including phenoxy) is 1. The summed E-state index contributed by atoms with van der Waals surface area (Å²) in [5.41, 5.74) is 2.74. The molecule has 1 aliphatic rings. The van der Waals surface area contributed by atoms with Crippen LogP contribution in [-0.4, -0.2) is 27.5 Å². The summed E-state index contributed by atoms with van der Waals surface area (Å²) in [5.74, 6) is 1.91. The average Bonchev–Trinajstić information content (AvgIpc) is 3.35. The number of benzene rings is 1. The van der Waals surface area contributed by atoms with Gasteiger partial charge in [0.25, 0.3) is 0 Å². The van der Waals surface area contributed by atoms with Gasteiger partial charge < -0.3 is 4.74 Å². The van der Waals surface area contributed by atoms with E-state index in [1.807, 2.05) is 42.5 Å². The minimum Gasteiger partial charge on any atom is -0.497 e. The average molecular weight is 307 g/mol. The first kappa shape index (κ1) is 13.9. The zero-order chi connectivity index (χ0) is 15.8. The lowest BCUT2D eigenvalue weighted by Gasteiger charge is -2.05. The molecule has 0 bridgehead atoms. The van der Waals surface area contributed by atoms with Gasteiger partial charge >= 0.3 is 0 Å². The number of carbonyl (C=O) groups is 1. The van der Waals surface area contributed by atoms with Crippen molar-refractivity contribution in [1.82, 2.24) is 14.6 Å². The minimum absolute atomic E-state index is 0.239. The number of aromatic nitrogens is 3. The van der Waals surface area contributed by atoms with Gasteiger partial charge in [-0.15, -0.1) is 0 Å². The normalized spacial score (nSPS) is 14.1. The van der Waals surface area contributed by atoms with Crippen LogP contribution in [0.1, 0.15) is 18.7 Å². The number of methoxy groups -OCH3 is 1. The molecule has 0 radical (unpaired) electrons. The number of rotatable bonds is 5. The van der Waals surface area contributed by atoms with E-state index in [-0.39, 0.29) is 11.7 Å². The number of pyridine rings is 1. The van der Waals surface area contributed by atoms with E-state index < -0.39 is 0 Å². The molecule has 3 aromatic rings. The third-order valence-electron chi connectivity index (χ3n) is 4.15. The van der Waals surface area contributed by atoms with Crippen molar-refractivity contribution in [3.05, 3.63) is 48.3 Å². The van der Waals surface area contributed by atoms with Crippen molar-refractivity contribution in [2.45, 2.75) is 19.3 Å². The number of hydrogen-bond acceptors (Lipinski definition) is 4. The Bertz CT molecular complexity index is 864. The quantitative estimate of drug-likeness (QED) is 0.727. The smallest absolute Gasteiger partial charge is 0.159 e. The SMILES string of the molecule is COc1ccc(-c2cccc3nc(CC(=O)C4CC4)nn23)cc1. The van der Waals surface area contributed by atoms with Crippen molar-refractivity contribution in [3.8, 4) is 17.0 Å². The lowest BCUT2D eigenvalue weighted by atomic mass is 10.1. The largest absolute Gasteiger partial charge is 0.497 e. The van der Waals surface area contributed by atoms with Crippen LogP contribution >= 0.6 is 0 Å². The predicted octanol–water partition coefficient (Wildman–Crippen LogP) is 2.93. The Morgan fingerprint density at radius 3 is 2.70 bits per heavy atom. The summed E-state index contributed by atoms with van der Waals surface area (Å²) in [6.45, 7) is 0. The van der Waals surface area contributed by atoms with E-state index in [2.05, 4.69) is 10.1 Å². The van der Waals surface area contributed by atoms with E-state index in [4.69, 9.17) is 4.74 Å². The van der Waals surface area contributed by atoms with Gasteiger partial charge in [0.15, 0.2) is 11.5 Å². The lowest BCUT2D eigenvalue weighted by Crippen LogP contribution is -2.06. The van der Waals surface area contributed by atoms with E-state index in [1.165, 1.54) is 0 Å². The molecule has 2 aromatic heterocycles. The number of nitrogens with zero attached hydrogens (tertiary/aromatic N) is 3. The summed E-state index contributed by atoms with van der Waals surface area (Å²) >= 11 is 0. The molecular formula is C18H17N3O2. The molecular weight excluding hydrogens is 290 g/mol. The summed E-state index contributed by atoms with van der Waals surface area (Å²) in [6, 6.07) is 13.7. The van der Waals surface area contributed by atoms with Crippen molar-refractivity contribution in [3.63, 3.8) is 0 Å². The molecule has 116 valence electrons. The van der Waals surface area contributed by atoms with Gasteiger partial charge in [0.05, 0.1) is 19.2 Å². The van der Waals surface area contributed by atoms with Gasteiger partial charge in [-0.1, -0.05) is 6.07 Å². The van der Waals surface area contributed by atoms with Gasteiger partial charge in [0.1, 0.15) is 11.5 Å². The maximum atomic E-state index is 12.0. The fraction of sp³-hybridized carbons (Fsp3) is 0.278. The Morgan fingerprint density at radius 1 is 1.22 bits per heavy atom. The zero-order valence-electron chi connectivity index (χ0n) is 12.9. The highest BCUT2D eigenvalue weighted by Gasteiger charge is 2.30. The molecule has 0 saturated heterocycles. The van der Waals surface area contributed by atoms with Crippen LogP contribution in [0.25, 0.3) is 16.9 Å². The summed E-state index contributed by atoms with van der Waals surface area (Å²) in [6.07, 6.45) is 2.36. The minimum atomic E-state index is 0.239. The molecule has 0 amide bonds. The lowest BCUT2D eigenvalue weighted by molar-refractivity contribution is -0.119. The molecule has 5 heteroatoms. The van der Waals surface area contributed by atoms with Gasteiger partial charge in [-0.05, 0) is 49.2 Å². The Hall–Kier alpha value is -2.69. The summed E-state index contributed by atoms with van der Waals surface area (Å²) in [4.78, 5) is 16.5. The van der Waals surface area contributed by atoms with Crippen LogP contribution in [0.2, 0.25) is 0 Å². The first-order valence-electron chi connectivity index (χ1n) is 7.76. The Balaban J connectivity index is 1.71. The molecule has 5 nitrogen and oxygen atoms in total. The highest BCUT2D eigenvalue weighted by molar-refractivity contribution is 5.84. The summed E-state index contributed by atoms with van der Waals surface area (Å²) in [5, 5.41) is 4.54. The molecule has 23 heavy (non-hydrogen) atoms. The van der Waals surface area contributed by atoms with E-state index in [9.17, 15) is 4.79 Å². The molecule has 1 fully saturated rings. The maximum Gasteiger partial charge on any atom is 0.159 e. The number of ketones is 1. The Kier molecular flexibility index (Phi) is 3.33. The van der Waals surface area contributed by atoms with Gasteiger partial charge in [-0.3, -0.25) is 4.79 Å². The van der Waals surface area contributed by atoms with Crippen LogP contribution in [0.15, 0.2) is 42.5 Å². The number of hydrogen-bond donors (Lipinski definition) is 0. The Labute approximate surface area is 133 Å². The first-order valence-corrected chi connectivity index (χ1v) is 7.76. The molecule has 2 heterocycles. The molecule has 0 N–H and O–H groups in total. The van der Waals surface area contributed by atoms with Crippen LogP contribution < -0.4 is 4.74 Å². The number of fused-ring (bicyclic) bond motifs is 1. The topological polar surface area (TPSA) is 56.5 Å². The van der Waals surface area contributed by atoms with Crippen LogP contribution in [0, 0.1) is 5.92 Å². The molecule has 0 atom stereocenters. The third kappa shape index (κ3) is 2.70.